The molecule has 10 heteroatoms. The number of benzene rings is 3. The van der Waals surface area contributed by atoms with Crippen molar-refractivity contribution in [1.82, 2.24) is 5.32 Å². The first-order valence-electron chi connectivity index (χ1n) is 11.8. The van der Waals surface area contributed by atoms with E-state index in [-0.39, 0.29) is 16.9 Å². The molecule has 0 atom stereocenters. The van der Waals surface area contributed by atoms with Gasteiger partial charge in [-0.05, 0) is 67.3 Å². The Hall–Kier alpha value is -4.99. The quantitative estimate of drug-likeness (QED) is 0.196. The molecule has 1 heterocycles. The zero-order valence-corrected chi connectivity index (χ0v) is 21.0. The molecule has 0 aliphatic carbocycles. The zero-order valence-electron chi connectivity index (χ0n) is 21.0. The number of barbiturate groups is 1. The lowest BCUT2D eigenvalue weighted by Gasteiger charge is -2.26. The number of nitro groups is 1. The second-order valence-electron chi connectivity index (χ2n) is 8.58. The molecule has 10 nitrogen and oxygen atoms in total. The van der Waals surface area contributed by atoms with E-state index in [1.165, 1.54) is 29.8 Å². The summed E-state index contributed by atoms with van der Waals surface area (Å²) in [5.41, 5.74) is 3.14. The van der Waals surface area contributed by atoms with E-state index in [9.17, 15) is 24.5 Å². The SMILES string of the molecule is CCOc1cc(/C=C2\C(=O)NC(=O)N(c3cccc([N+](=O)[O-])c3)C2=O)ccc1OCc1ccc(C)c(C)c1. The van der Waals surface area contributed by atoms with Gasteiger partial charge in [-0.25, -0.2) is 9.69 Å². The number of amides is 4. The molecule has 3 aromatic rings. The van der Waals surface area contributed by atoms with E-state index in [4.69, 9.17) is 9.47 Å². The molecular formula is C28H25N3O7. The van der Waals surface area contributed by atoms with Gasteiger partial charge in [0.15, 0.2) is 11.5 Å². The molecule has 1 N–H and O–H groups in total. The molecule has 4 rings (SSSR count). The van der Waals surface area contributed by atoms with Gasteiger partial charge in [-0.2, -0.15) is 0 Å². The maximum Gasteiger partial charge on any atom is 0.335 e. The summed E-state index contributed by atoms with van der Waals surface area (Å²) in [5, 5.41) is 13.2. The number of nitrogens with zero attached hydrogens (tertiary/aromatic N) is 2. The second-order valence-corrected chi connectivity index (χ2v) is 8.58. The van der Waals surface area contributed by atoms with Crippen LogP contribution in [0, 0.1) is 24.0 Å². The predicted molar refractivity (Wildman–Crippen MR) is 140 cm³/mol. The Kier molecular flexibility index (Phi) is 7.52. The number of anilines is 1. The summed E-state index contributed by atoms with van der Waals surface area (Å²) in [6.07, 6.45) is 1.32. The van der Waals surface area contributed by atoms with Crippen LogP contribution in [-0.2, 0) is 16.2 Å². The minimum absolute atomic E-state index is 0.0369. The summed E-state index contributed by atoms with van der Waals surface area (Å²) in [4.78, 5) is 49.3. The Bertz CT molecular complexity index is 1480. The summed E-state index contributed by atoms with van der Waals surface area (Å²) >= 11 is 0. The van der Waals surface area contributed by atoms with E-state index in [1.54, 1.807) is 18.2 Å². The van der Waals surface area contributed by atoms with Gasteiger partial charge in [0.1, 0.15) is 12.2 Å². The third-order valence-electron chi connectivity index (χ3n) is 5.94. The Morgan fingerprint density at radius 1 is 0.947 bits per heavy atom. The molecule has 1 aliphatic rings. The van der Waals surface area contributed by atoms with Crippen LogP contribution in [0.1, 0.15) is 29.2 Å². The molecule has 0 bridgehead atoms. The smallest absolute Gasteiger partial charge is 0.335 e. The van der Waals surface area contributed by atoms with Gasteiger partial charge in [-0.1, -0.05) is 30.3 Å². The Balaban J connectivity index is 1.62. The number of carbonyl (C=O) groups excluding carboxylic acids is 3. The van der Waals surface area contributed by atoms with E-state index in [0.717, 1.165) is 17.2 Å². The number of hydrogen-bond acceptors (Lipinski definition) is 7. The molecule has 0 unspecified atom stereocenters. The molecule has 1 fully saturated rings. The van der Waals surface area contributed by atoms with Crippen LogP contribution in [0.5, 0.6) is 11.5 Å². The van der Waals surface area contributed by atoms with Gasteiger partial charge in [0.05, 0.1) is 17.2 Å². The largest absolute Gasteiger partial charge is 0.490 e. The van der Waals surface area contributed by atoms with E-state index in [1.807, 2.05) is 32.9 Å². The Labute approximate surface area is 218 Å². The predicted octanol–water partition coefficient (Wildman–Crippen LogP) is 4.86. The fourth-order valence-electron chi connectivity index (χ4n) is 3.86. The summed E-state index contributed by atoms with van der Waals surface area (Å²) < 4.78 is 11.7. The first kappa shape index (κ1) is 26.1. The molecule has 0 saturated carbocycles. The van der Waals surface area contributed by atoms with E-state index >= 15 is 0 Å². The highest BCUT2D eigenvalue weighted by atomic mass is 16.6. The van der Waals surface area contributed by atoms with Crippen LogP contribution < -0.4 is 19.7 Å². The van der Waals surface area contributed by atoms with Crippen LogP contribution in [0.4, 0.5) is 16.2 Å². The molecule has 1 saturated heterocycles. The number of hydrogen-bond donors (Lipinski definition) is 1. The van der Waals surface area contributed by atoms with Crippen LogP contribution in [0.2, 0.25) is 0 Å². The first-order chi connectivity index (χ1) is 18.2. The fraction of sp³-hybridized carbons (Fsp3) is 0.179. The van der Waals surface area contributed by atoms with Crippen LogP contribution in [-0.4, -0.2) is 29.4 Å². The van der Waals surface area contributed by atoms with Gasteiger partial charge in [0.2, 0.25) is 0 Å². The van der Waals surface area contributed by atoms with Crippen molar-refractivity contribution in [2.24, 2.45) is 0 Å². The third-order valence-corrected chi connectivity index (χ3v) is 5.94. The normalized spacial score (nSPS) is 14.4. The van der Waals surface area contributed by atoms with Crippen LogP contribution >= 0.6 is 0 Å². The standard InChI is InChI=1S/C28H25N3O7/c1-4-37-25-14-19(10-11-24(25)38-16-20-9-8-17(2)18(3)12-20)13-23-26(32)29-28(34)30(27(23)33)21-6-5-7-22(15-21)31(35)36/h5-15H,4,16H2,1-3H3,(H,29,32,34)/b23-13+. The number of carbonyl (C=O) groups is 3. The van der Waals surface area contributed by atoms with Gasteiger partial charge in [-0.15, -0.1) is 0 Å². The van der Waals surface area contributed by atoms with Crippen molar-refractivity contribution in [2.45, 2.75) is 27.4 Å². The Morgan fingerprint density at radius 2 is 1.74 bits per heavy atom. The van der Waals surface area contributed by atoms with E-state index < -0.39 is 22.8 Å². The Morgan fingerprint density at radius 3 is 2.45 bits per heavy atom. The molecular weight excluding hydrogens is 490 g/mol. The molecule has 4 amide bonds. The van der Waals surface area contributed by atoms with Crippen LogP contribution in [0.25, 0.3) is 6.08 Å². The second kappa shape index (κ2) is 11.0. The van der Waals surface area contributed by atoms with Crippen LogP contribution in [0.15, 0.2) is 66.2 Å². The highest BCUT2D eigenvalue weighted by Gasteiger charge is 2.37. The van der Waals surface area contributed by atoms with Crippen molar-refractivity contribution in [1.29, 1.82) is 0 Å². The highest BCUT2D eigenvalue weighted by molar-refractivity contribution is 6.39. The average Bonchev–Trinajstić information content (AvgIpc) is 2.88. The number of nitrogens with one attached hydrogen (secondary N) is 1. The van der Waals surface area contributed by atoms with Crippen LogP contribution in [0.3, 0.4) is 0 Å². The maximum atomic E-state index is 13.2. The van der Waals surface area contributed by atoms with Crippen molar-refractivity contribution in [3.8, 4) is 11.5 Å². The molecule has 1 aliphatic heterocycles. The lowest BCUT2D eigenvalue weighted by atomic mass is 10.1. The molecule has 3 aromatic carbocycles. The number of nitro benzene ring substituents is 1. The minimum atomic E-state index is -0.997. The van der Waals surface area contributed by atoms with Gasteiger partial charge < -0.3 is 9.47 Å². The monoisotopic (exact) mass is 515 g/mol. The van der Waals surface area contributed by atoms with E-state index in [0.29, 0.717) is 35.2 Å². The van der Waals surface area contributed by atoms with Gasteiger partial charge in [-0.3, -0.25) is 25.0 Å². The van der Waals surface area contributed by atoms with Gasteiger partial charge in [0.25, 0.3) is 17.5 Å². The number of rotatable bonds is 8. The van der Waals surface area contributed by atoms with E-state index in [2.05, 4.69) is 11.4 Å². The molecule has 0 spiro atoms. The number of ether oxygens (including phenoxy) is 2. The third kappa shape index (κ3) is 5.54. The van der Waals surface area contributed by atoms with Crippen molar-refractivity contribution in [2.75, 3.05) is 11.5 Å². The summed E-state index contributed by atoms with van der Waals surface area (Å²) in [7, 11) is 0. The number of aryl methyl sites for hydroxylation is 2. The van der Waals surface area contributed by atoms with Crippen molar-refractivity contribution < 1.29 is 28.8 Å². The lowest BCUT2D eigenvalue weighted by Crippen LogP contribution is -2.54. The maximum absolute atomic E-state index is 13.2. The van der Waals surface area contributed by atoms with Gasteiger partial charge >= 0.3 is 6.03 Å². The van der Waals surface area contributed by atoms with Crippen molar-refractivity contribution in [3.05, 3.63) is 98.6 Å². The highest BCUT2D eigenvalue weighted by Crippen LogP contribution is 2.31. The van der Waals surface area contributed by atoms with Gasteiger partial charge in [0, 0.05) is 12.1 Å². The molecule has 194 valence electrons. The molecule has 0 radical (unpaired) electrons. The average molecular weight is 516 g/mol. The van der Waals surface area contributed by atoms with Crippen molar-refractivity contribution >= 4 is 35.3 Å². The minimum Gasteiger partial charge on any atom is -0.490 e. The summed E-state index contributed by atoms with van der Waals surface area (Å²) in [6.45, 7) is 6.57. The summed E-state index contributed by atoms with van der Waals surface area (Å²) in [6, 6.07) is 15.1. The number of imide groups is 2. The topological polar surface area (TPSA) is 128 Å². The summed E-state index contributed by atoms with van der Waals surface area (Å²) in [5.74, 6) is -0.886. The number of non-ortho nitro benzene ring substituents is 1. The first-order valence-corrected chi connectivity index (χ1v) is 11.8. The molecule has 38 heavy (non-hydrogen) atoms. The zero-order chi connectivity index (χ0) is 27.4. The fourth-order valence-corrected chi connectivity index (χ4v) is 3.86. The van der Waals surface area contributed by atoms with Crippen molar-refractivity contribution in [3.63, 3.8) is 0 Å². The molecule has 0 aromatic heterocycles. The number of urea groups is 1. The lowest BCUT2D eigenvalue weighted by molar-refractivity contribution is -0.384.